The molecule has 1 aliphatic carbocycles. The molecule has 0 aliphatic heterocycles. The number of nitrogens with one attached hydrogen (secondary N) is 1. The minimum absolute atomic E-state index is 0.0876. The van der Waals surface area contributed by atoms with Gasteiger partial charge in [-0.2, -0.15) is 10.2 Å². The van der Waals surface area contributed by atoms with E-state index >= 15 is 0 Å². The van der Waals surface area contributed by atoms with E-state index in [9.17, 15) is 13.2 Å². The van der Waals surface area contributed by atoms with Crippen LogP contribution in [0.15, 0.2) is 64.5 Å². The van der Waals surface area contributed by atoms with E-state index in [1.807, 2.05) is 0 Å². The maximum absolute atomic E-state index is 12.4. The highest BCUT2D eigenvalue weighted by Crippen LogP contribution is 2.38. The number of benzene rings is 1. The lowest BCUT2D eigenvalue weighted by Gasteiger charge is -2.09. The monoisotopic (exact) mass is 385 g/mol. The molecule has 0 atom stereocenters. The van der Waals surface area contributed by atoms with E-state index in [-0.39, 0.29) is 23.5 Å². The molecule has 1 N–H and O–H groups in total. The van der Waals surface area contributed by atoms with Crippen LogP contribution in [-0.4, -0.2) is 34.5 Å². The van der Waals surface area contributed by atoms with E-state index < -0.39 is 10.0 Å². The number of nitrogens with zero attached hydrogens (tertiary/aromatic N) is 4. The first-order valence-electron chi connectivity index (χ1n) is 8.71. The molecule has 2 aromatic heterocycles. The summed E-state index contributed by atoms with van der Waals surface area (Å²) in [7, 11) is -3.67. The normalized spacial score (nSPS) is 14.4. The molecule has 9 heteroatoms. The van der Waals surface area contributed by atoms with E-state index in [4.69, 9.17) is 0 Å². The van der Waals surface area contributed by atoms with Crippen LogP contribution >= 0.6 is 0 Å². The van der Waals surface area contributed by atoms with Gasteiger partial charge in [-0.3, -0.25) is 4.79 Å². The SMILES string of the molecule is O=c1ccc(C2CC2)nn1CCNS(=O)(=O)c1ccc(-n2cccn2)cc1. The maximum atomic E-state index is 12.4. The second kappa shape index (κ2) is 7.09. The van der Waals surface area contributed by atoms with E-state index in [0.717, 1.165) is 24.2 Å². The fraction of sp³-hybridized carbons (Fsp3) is 0.278. The Kier molecular flexibility index (Phi) is 4.63. The van der Waals surface area contributed by atoms with Crippen molar-refractivity contribution >= 4 is 10.0 Å². The molecule has 140 valence electrons. The lowest BCUT2D eigenvalue weighted by atomic mass is 10.3. The molecule has 1 fully saturated rings. The minimum atomic E-state index is -3.67. The van der Waals surface area contributed by atoms with Crippen LogP contribution in [0.2, 0.25) is 0 Å². The molecule has 4 rings (SSSR count). The van der Waals surface area contributed by atoms with Gasteiger partial charge < -0.3 is 0 Å². The Morgan fingerprint density at radius 2 is 1.89 bits per heavy atom. The predicted octanol–water partition coefficient (Wildman–Crippen LogP) is 1.28. The van der Waals surface area contributed by atoms with Gasteiger partial charge in [0.2, 0.25) is 10.0 Å². The Labute approximate surface area is 156 Å². The third-order valence-electron chi connectivity index (χ3n) is 4.41. The van der Waals surface area contributed by atoms with Crippen LogP contribution in [0.4, 0.5) is 0 Å². The zero-order chi connectivity index (χ0) is 18.9. The largest absolute Gasteiger partial charge is 0.268 e. The number of sulfonamides is 1. The van der Waals surface area contributed by atoms with Crippen molar-refractivity contribution < 1.29 is 8.42 Å². The van der Waals surface area contributed by atoms with E-state index in [2.05, 4.69) is 14.9 Å². The molecule has 1 saturated carbocycles. The molecule has 0 spiro atoms. The highest BCUT2D eigenvalue weighted by Gasteiger charge is 2.25. The van der Waals surface area contributed by atoms with Crippen LogP contribution in [0.3, 0.4) is 0 Å². The third-order valence-corrected chi connectivity index (χ3v) is 5.89. The van der Waals surface area contributed by atoms with Crippen LogP contribution in [0.5, 0.6) is 0 Å². The molecular weight excluding hydrogens is 366 g/mol. The lowest BCUT2D eigenvalue weighted by molar-refractivity contribution is 0.541. The molecular formula is C18H19N5O3S. The first kappa shape index (κ1) is 17.6. The van der Waals surface area contributed by atoms with Crippen LogP contribution < -0.4 is 10.3 Å². The highest BCUT2D eigenvalue weighted by atomic mass is 32.2. The summed E-state index contributed by atoms with van der Waals surface area (Å²) in [6, 6.07) is 11.5. The first-order valence-corrected chi connectivity index (χ1v) is 10.2. The second-order valence-corrected chi connectivity index (χ2v) is 8.20. The molecule has 3 aromatic rings. The van der Waals surface area contributed by atoms with Crippen molar-refractivity contribution in [3.8, 4) is 5.69 Å². The summed E-state index contributed by atoms with van der Waals surface area (Å²) in [6.07, 6.45) is 5.61. The van der Waals surface area contributed by atoms with Gasteiger partial charge >= 0.3 is 0 Å². The van der Waals surface area contributed by atoms with Gasteiger partial charge in [0, 0.05) is 30.9 Å². The van der Waals surface area contributed by atoms with Gasteiger partial charge in [0.25, 0.3) is 5.56 Å². The molecule has 2 heterocycles. The Morgan fingerprint density at radius 1 is 1.11 bits per heavy atom. The van der Waals surface area contributed by atoms with Crippen molar-refractivity contribution in [3.05, 3.63) is 70.9 Å². The fourth-order valence-corrected chi connectivity index (χ4v) is 3.81. The zero-order valence-electron chi connectivity index (χ0n) is 14.5. The van der Waals surface area contributed by atoms with Crippen LogP contribution in [0.1, 0.15) is 24.5 Å². The van der Waals surface area contributed by atoms with Crippen molar-refractivity contribution in [1.82, 2.24) is 24.3 Å². The molecule has 0 unspecified atom stereocenters. The Balaban J connectivity index is 1.41. The first-order chi connectivity index (χ1) is 13.0. The summed E-state index contributed by atoms with van der Waals surface area (Å²) in [5.41, 5.74) is 1.43. The van der Waals surface area contributed by atoms with Crippen molar-refractivity contribution in [2.45, 2.75) is 30.2 Å². The fourth-order valence-electron chi connectivity index (χ4n) is 2.79. The highest BCUT2D eigenvalue weighted by molar-refractivity contribution is 7.89. The van der Waals surface area contributed by atoms with Gasteiger partial charge in [0.15, 0.2) is 0 Å². The van der Waals surface area contributed by atoms with E-state index in [0.29, 0.717) is 5.92 Å². The summed E-state index contributed by atoms with van der Waals surface area (Å²) in [6.45, 7) is 0.272. The van der Waals surface area contributed by atoms with Gasteiger partial charge in [-0.05, 0) is 49.2 Å². The quantitative estimate of drug-likeness (QED) is 0.661. The smallest absolute Gasteiger partial charge is 0.266 e. The van der Waals surface area contributed by atoms with Gasteiger partial charge in [-0.25, -0.2) is 22.5 Å². The summed E-state index contributed by atoms with van der Waals surface area (Å²) >= 11 is 0. The summed E-state index contributed by atoms with van der Waals surface area (Å²) in [4.78, 5) is 12.1. The number of aromatic nitrogens is 4. The zero-order valence-corrected chi connectivity index (χ0v) is 15.3. The van der Waals surface area contributed by atoms with E-state index in [1.54, 1.807) is 41.3 Å². The minimum Gasteiger partial charge on any atom is -0.268 e. The van der Waals surface area contributed by atoms with Gasteiger partial charge in [-0.1, -0.05) is 0 Å². The molecule has 0 saturated heterocycles. The van der Waals surface area contributed by atoms with Crippen molar-refractivity contribution in [2.24, 2.45) is 0 Å². The molecule has 8 nitrogen and oxygen atoms in total. The van der Waals surface area contributed by atoms with Crippen molar-refractivity contribution in [1.29, 1.82) is 0 Å². The van der Waals surface area contributed by atoms with Crippen molar-refractivity contribution in [2.75, 3.05) is 6.54 Å². The third kappa shape index (κ3) is 3.99. The second-order valence-electron chi connectivity index (χ2n) is 6.44. The van der Waals surface area contributed by atoms with Gasteiger partial charge in [-0.15, -0.1) is 0 Å². The molecule has 1 aromatic carbocycles. The summed E-state index contributed by atoms with van der Waals surface area (Å²) in [5, 5.41) is 8.43. The molecule has 0 amide bonds. The summed E-state index contributed by atoms with van der Waals surface area (Å²) < 4.78 is 30.4. The van der Waals surface area contributed by atoms with Gasteiger partial charge in [0.1, 0.15) is 0 Å². The topological polar surface area (TPSA) is 98.9 Å². The van der Waals surface area contributed by atoms with Crippen LogP contribution in [-0.2, 0) is 16.6 Å². The standard InChI is InChI=1S/C18H19N5O3S/c24-18-9-8-17(14-2-3-14)21-23(18)13-11-20-27(25,26)16-6-4-15(5-7-16)22-12-1-10-19-22/h1,4-10,12,14,20H,2-3,11,13H2. The molecule has 0 radical (unpaired) electrons. The summed E-state index contributed by atoms with van der Waals surface area (Å²) in [5.74, 6) is 0.432. The number of hydrogen-bond donors (Lipinski definition) is 1. The predicted molar refractivity (Wildman–Crippen MR) is 99.2 cm³/mol. The van der Waals surface area contributed by atoms with Crippen molar-refractivity contribution in [3.63, 3.8) is 0 Å². The Hall–Kier alpha value is -2.78. The molecule has 27 heavy (non-hydrogen) atoms. The van der Waals surface area contributed by atoms with E-state index in [1.165, 1.54) is 22.9 Å². The Bertz CT molecular complexity index is 1080. The van der Waals surface area contributed by atoms with Gasteiger partial charge in [0.05, 0.1) is 22.8 Å². The lowest BCUT2D eigenvalue weighted by Crippen LogP contribution is -2.32. The number of hydrogen-bond acceptors (Lipinski definition) is 5. The van der Waals surface area contributed by atoms with Crippen LogP contribution in [0, 0.1) is 0 Å². The maximum Gasteiger partial charge on any atom is 0.266 e. The average Bonchev–Trinajstić information content (AvgIpc) is 3.37. The molecule has 0 bridgehead atoms. The average molecular weight is 385 g/mol. The Morgan fingerprint density at radius 3 is 2.56 bits per heavy atom. The van der Waals surface area contributed by atoms with Crippen LogP contribution in [0.25, 0.3) is 5.69 Å². The molecule has 1 aliphatic rings. The number of rotatable bonds is 7.